The first-order chi connectivity index (χ1) is 17.6. The van der Waals surface area contributed by atoms with E-state index in [4.69, 9.17) is 5.10 Å². The monoisotopic (exact) mass is 484 g/mol. The summed E-state index contributed by atoms with van der Waals surface area (Å²) in [6, 6.07) is 13.2. The number of nitrogens with zero attached hydrogens (tertiary/aromatic N) is 4. The molecule has 0 radical (unpaired) electrons. The van der Waals surface area contributed by atoms with Crippen molar-refractivity contribution in [2.75, 3.05) is 13.1 Å². The lowest BCUT2D eigenvalue weighted by Crippen LogP contribution is -2.44. The number of nitrogens with one attached hydrogen (secondary N) is 2. The number of amides is 4. The maximum absolute atomic E-state index is 12.7. The summed E-state index contributed by atoms with van der Waals surface area (Å²) in [6.45, 7) is 0.636. The smallest absolute Gasteiger partial charge is 0.325 e. The Morgan fingerprint density at radius 1 is 1.11 bits per heavy atom. The Labute approximate surface area is 209 Å². The fraction of sp³-hybridized carbons (Fsp3) is 0.296. The fourth-order valence-electron chi connectivity index (χ4n) is 4.82. The second-order valence-electron chi connectivity index (χ2n) is 9.11. The molecule has 9 nitrogen and oxygen atoms in total. The molecule has 1 aliphatic heterocycles. The Morgan fingerprint density at radius 2 is 1.92 bits per heavy atom. The summed E-state index contributed by atoms with van der Waals surface area (Å²) in [5, 5.41) is 10.4. The van der Waals surface area contributed by atoms with Gasteiger partial charge in [0.1, 0.15) is 11.2 Å². The summed E-state index contributed by atoms with van der Waals surface area (Å²) in [4.78, 5) is 42.9. The SMILES string of the molecule is O=C(/C=C/c1cn(-c2ccccc2)nc1-c1cccnc1)NCCCN1C(=O)NC2(CCCC2)C1=O. The van der Waals surface area contributed by atoms with Crippen molar-refractivity contribution in [3.63, 3.8) is 0 Å². The number of rotatable bonds is 8. The molecule has 1 aliphatic carbocycles. The van der Waals surface area contributed by atoms with E-state index in [0.717, 1.165) is 35.3 Å². The summed E-state index contributed by atoms with van der Waals surface area (Å²) < 4.78 is 1.77. The zero-order valence-corrected chi connectivity index (χ0v) is 19.9. The van der Waals surface area contributed by atoms with Crippen LogP contribution in [0.4, 0.5) is 4.79 Å². The zero-order valence-electron chi connectivity index (χ0n) is 19.9. The number of imide groups is 1. The normalized spacial score (nSPS) is 16.7. The summed E-state index contributed by atoms with van der Waals surface area (Å²) in [6.07, 6.45) is 12.3. The standard InChI is InChI=1S/C27H28N6O3/c34-23(29-16-7-17-32-25(35)27(30-26(32)36)13-4-5-14-27)12-11-21-19-33(22-9-2-1-3-10-22)31-24(21)20-8-6-15-28-18-20/h1-3,6,8-12,15,18-19H,4-5,7,13-14,16-17H2,(H,29,34)(H,30,36)/b12-11+. The van der Waals surface area contributed by atoms with Crippen molar-refractivity contribution in [1.82, 2.24) is 30.3 Å². The molecule has 4 amide bonds. The molecule has 1 aromatic carbocycles. The van der Waals surface area contributed by atoms with E-state index in [9.17, 15) is 14.4 Å². The number of para-hydroxylation sites is 1. The Hall–Kier alpha value is -4.27. The van der Waals surface area contributed by atoms with Gasteiger partial charge in [-0.3, -0.25) is 19.5 Å². The lowest BCUT2D eigenvalue weighted by Gasteiger charge is -2.19. The minimum absolute atomic E-state index is 0.130. The van der Waals surface area contributed by atoms with E-state index < -0.39 is 5.54 Å². The van der Waals surface area contributed by atoms with Gasteiger partial charge in [-0.15, -0.1) is 0 Å². The number of carbonyl (C=O) groups excluding carboxylic acids is 3. The Morgan fingerprint density at radius 3 is 2.67 bits per heavy atom. The highest BCUT2D eigenvalue weighted by Crippen LogP contribution is 2.35. The van der Waals surface area contributed by atoms with E-state index in [2.05, 4.69) is 15.6 Å². The molecule has 1 saturated heterocycles. The molecule has 2 aromatic heterocycles. The van der Waals surface area contributed by atoms with E-state index in [1.165, 1.54) is 11.0 Å². The fourth-order valence-corrected chi connectivity index (χ4v) is 4.82. The van der Waals surface area contributed by atoms with Crippen LogP contribution in [0.1, 0.15) is 37.7 Å². The molecule has 0 atom stereocenters. The van der Waals surface area contributed by atoms with Gasteiger partial charge in [0.05, 0.1) is 5.69 Å². The highest BCUT2D eigenvalue weighted by atomic mass is 16.2. The van der Waals surface area contributed by atoms with Gasteiger partial charge in [0.25, 0.3) is 5.91 Å². The molecule has 5 rings (SSSR count). The van der Waals surface area contributed by atoms with Gasteiger partial charge < -0.3 is 10.6 Å². The third-order valence-corrected chi connectivity index (χ3v) is 6.67. The van der Waals surface area contributed by atoms with Crippen LogP contribution in [0.15, 0.2) is 67.1 Å². The molecule has 36 heavy (non-hydrogen) atoms. The second-order valence-corrected chi connectivity index (χ2v) is 9.11. The van der Waals surface area contributed by atoms with Gasteiger partial charge in [0, 0.05) is 48.9 Å². The molecule has 1 spiro atoms. The minimum atomic E-state index is -0.695. The average molecular weight is 485 g/mol. The first-order valence-corrected chi connectivity index (χ1v) is 12.2. The van der Waals surface area contributed by atoms with Gasteiger partial charge in [-0.2, -0.15) is 5.10 Å². The molecule has 0 unspecified atom stereocenters. The summed E-state index contributed by atoms with van der Waals surface area (Å²) >= 11 is 0. The molecule has 2 fully saturated rings. The first kappa shape index (κ1) is 23.5. The number of urea groups is 1. The van der Waals surface area contributed by atoms with Crippen LogP contribution in [-0.4, -0.2) is 56.1 Å². The van der Waals surface area contributed by atoms with E-state index in [-0.39, 0.29) is 24.4 Å². The predicted molar refractivity (Wildman–Crippen MR) is 135 cm³/mol. The molecule has 9 heteroatoms. The molecular weight excluding hydrogens is 456 g/mol. The topological polar surface area (TPSA) is 109 Å². The van der Waals surface area contributed by atoms with Crippen molar-refractivity contribution in [1.29, 1.82) is 0 Å². The first-order valence-electron chi connectivity index (χ1n) is 12.2. The van der Waals surface area contributed by atoms with Crippen LogP contribution in [0.5, 0.6) is 0 Å². The Kier molecular flexibility index (Phi) is 6.62. The van der Waals surface area contributed by atoms with Crippen molar-refractivity contribution in [2.45, 2.75) is 37.6 Å². The summed E-state index contributed by atoms with van der Waals surface area (Å²) in [7, 11) is 0. The maximum Gasteiger partial charge on any atom is 0.325 e. The Balaban J connectivity index is 1.20. The molecule has 3 aromatic rings. The third kappa shape index (κ3) is 4.77. The molecule has 2 N–H and O–H groups in total. The van der Waals surface area contributed by atoms with E-state index >= 15 is 0 Å². The van der Waals surface area contributed by atoms with Gasteiger partial charge in [-0.25, -0.2) is 9.48 Å². The van der Waals surface area contributed by atoms with Crippen LogP contribution >= 0.6 is 0 Å². The number of benzene rings is 1. The minimum Gasteiger partial charge on any atom is -0.352 e. The van der Waals surface area contributed by atoms with Gasteiger partial charge in [0.2, 0.25) is 5.91 Å². The van der Waals surface area contributed by atoms with Gasteiger partial charge in [-0.1, -0.05) is 31.0 Å². The zero-order chi connectivity index (χ0) is 25.0. The Bertz CT molecular complexity index is 1280. The molecule has 1 saturated carbocycles. The van der Waals surface area contributed by atoms with Crippen molar-refractivity contribution >= 4 is 23.9 Å². The lowest BCUT2D eigenvalue weighted by atomic mass is 9.98. The molecular formula is C27H28N6O3. The highest BCUT2D eigenvalue weighted by molar-refractivity contribution is 6.07. The van der Waals surface area contributed by atoms with Crippen molar-refractivity contribution in [2.24, 2.45) is 0 Å². The van der Waals surface area contributed by atoms with Crippen molar-refractivity contribution in [3.8, 4) is 16.9 Å². The van der Waals surface area contributed by atoms with Crippen LogP contribution in [0.3, 0.4) is 0 Å². The largest absolute Gasteiger partial charge is 0.352 e. The van der Waals surface area contributed by atoms with Gasteiger partial charge in [-0.05, 0) is 49.6 Å². The maximum atomic E-state index is 12.7. The van der Waals surface area contributed by atoms with Gasteiger partial charge in [0.15, 0.2) is 0 Å². The molecule has 2 aliphatic rings. The second kappa shape index (κ2) is 10.2. The number of hydrogen-bond donors (Lipinski definition) is 2. The summed E-state index contributed by atoms with van der Waals surface area (Å²) in [5.41, 5.74) is 2.56. The number of hydrogen-bond acceptors (Lipinski definition) is 5. The third-order valence-electron chi connectivity index (χ3n) is 6.67. The van der Waals surface area contributed by atoms with Crippen molar-refractivity contribution in [3.05, 3.63) is 72.7 Å². The van der Waals surface area contributed by atoms with E-state index in [1.807, 2.05) is 48.7 Å². The number of carbonyl (C=O) groups is 3. The molecule has 3 heterocycles. The van der Waals surface area contributed by atoms with E-state index in [1.54, 1.807) is 23.2 Å². The highest BCUT2D eigenvalue weighted by Gasteiger charge is 2.51. The summed E-state index contributed by atoms with van der Waals surface area (Å²) in [5.74, 6) is -0.390. The molecule has 184 valence electrons. The number of pyridine rings is 1. The van der Waals surface area contributed by atoms with Crippen molar-refractivity contribution < 1.29 is 14.4 Å². The average Bonchev–Trinajstić information content (AvgIpc) is 3.61. The van der Waals surface area contributed by atoms with E-state index in [0.29, 0.717) is 25.8 Å². The van der Waals surface area contributed by atoms with Gasteiger partial charge >= 0.3 is 6.03 Å². The number of aromatic nitrogens is 3. The van der Waals surface area contributed by atoms with Crippen LogP contribution in [0.2, 0.25) is 0 Å². The van der Waals surface area contributed by atoms with Crippen LogP contribution in [0.25, 0.3) is 23.0 Å². The predicted octanol–water partition coefficient (Wildman–Crippen LogP) is 3.32. The van der Waals surface area contributed by atoms with Crippen LogP contribution in [0, 0.1) is 0 Å². The van der Waals surface area contributed by atoms with Crippen LogP contribution < -0.4 is 10.6 Å². The molecule has 0 bridgehead atoms. The quantitative estimate of drug-likeness (QED) is 0.290. The lowest BCUT2D eigenvalue weighted by molar-refractivity contribution is -0.131. The van der Waals surface area contributed by atoms with Crippen LogP contribution in [-0.2, 0) is 9.59 Å².